The van der Waals surface area contributed by atoms with Crippen LogP contribution in [-0.4, -0.2) is 87.7 Å². The Morgan fingerprint density at radius 1 is 1.05 bits per heavy atom. The number of hydrogen-bond donors (Lipinski definition) is 1. The lowest BCUT2D eigenvalue weighted by molar-refractivity contribution is 0.163. The summed E-state index contributed by atoms with van der Waals surface area (Å²) in [6.07, 6.45) is 2.75. The molecule has 0 amide bonds. The van der Waals surface area contributed by atoms with Crippen LogP contribution in [0.15, 0.2) is 0 Å². The van der Waals surface area contributed by atoms with Crippen molar-refractivity contribution in [3.63, 3.8) is 0 Å². The summed E-state index contributed by atoms with van der Waals surface area (Å²) in [5.74, 6) is 0.914. The molecule has 1 fully saturated rings. The molecule has 0 aromatic heterocycles. The van der Waals surface area contributed by atoms with Crippen molar-refractivity contribution in [2.24, 2.45) is 5.92 Å². The van der Waals surface area contributed by atoms with E-state index in [2.05, 4.69) is 48.0 Å². The first-order chi connectivity index (χ1) is 9.65. The van der Waals surface area contributed by atoms with Crippen molar-refractivity contribution in [1.82, 2.24) is 20.0 Å². The Labute approximate surface area is 126 Å². The lowest BCUT2D eigenvalue weighted by Gasteiger charge is -2.33. The minimum Gasteiger partial charge on any atom is -0.314 e. The standard InChI is InChI=1S/C16H36N4/c1-5-19(6-2)13-9-17-10-14-20-11-7-16(8-12-20)15-18(3)4/h16-17H,5-15H2,1-4H3. The average Bonchev–Trinajstić information content (AvgIpc) is 2.44. The average molecular weight is 284 g/mol. The predicted octanol–water partition coefficient (Wildman–Crippen LogP) is 1.19. The summed E-state index contributed by atoms with van der Waals surface area (Å²) in [5.41, 5.74) is 0. The van der Waals surface area contributed by atoms with Gasteiger partial charge in [0.1, 0.15) is 0 Å². The maximum atomic E-state index is 3.58. The van der Waals surface area contributed by atoms with E-state index < -0.39 is 0 Å². The lowest BCUT2D eigenvalue weighted by Crippen LogP contribution is -2.41. The molecule has 4 heteroatoms. The van der Waals surface area contributed by atoms with Crippen LogP contribution in [0, 0.1) is 5.92 Å². The van der Waals surface area contributed by atoms with Crippen LogP contribution in [0.3, 0.4) is 0 Å². The zero-order valence-corrected chi connectivity index (χ0v) is 14.2. The Morgan fingerprint density at radius 2 is 1.70 bits per heavy atom. The lowest BCUT2D eigenvalue weighted by atomic mass is 9.96. The number of nitrogens with one attached hydrogen (secondary N) is 1. The molecule has 0 aromatic rings. The largest absolute Gasteiger partial charge is 0.314 e. The van der Waals surface area contributed by atoms with Gasteiger partial charge >= 0.3 is 0 Å². The van der Waals surface area contributed by atoms with Crippen molar-refractivity contribution in [2.75, 3.05) is 73.0 Å². The zero-order valence-electron chi connectivity index (χ0n) is 14.2. The highest BCUT2D eigenvalue weighted by Gasteiger charge is 2.18. The molecule has 1 heterocycles. The predicted molar refractivity (Wildman–Crippen MR) is 88.4 cm³/mol. The molecule has 0 bridgehead atoms. The van der Waals surface area contributed by atoms with E-state index in [9.17, 15) is 0 Å². The second kappa shape index (κ2) is 10.6. The van der Waals surface area contributed by atoms with Crippen molar-refractivity contribution in [1.29, 1.82) is 0 Å². The van der Waals surface area contributed by atoms with E-state index in [4.69, 9.17) is 0 Å². The first-order valence-electron chi connectivity index (χ1n) is 8.45. The molecule has 0 radical (unpaired) electrons. The van der Waals surface area contributed by atoms with E-state index >= 15 is 0 Å². The Morgan fingerprint density at radius 3 is 2.25 bits per heavy atom. The molecule has 120 valence electrons. The van der Waals surface area contributed by atoms with Crippen LogP contribution in [0.25, 0.3) is 0 Å². The third kappa shape index (κ3) is 7.58. The van der Waals surface area contributed by atoms with Gasteiger partial charge in [-0.25, -0.2) is 0 Å². The van der Waals surface area contributed by atoms with Crippen molar-refractivity contribution >= 4 is 0 Å². The molecule has 1 aliphatic heterocycles. The smallest absolute Gasteiger partial charge is 0.0107 e. The van der Waals surface area contributed by atoms with E-state index in [1.54, 1.807) is 0 Å². The van der Waals surface area contributed by atoms with E-state index in [1.807, 2.05) is 0 Å². The highest BCUT2D eigenvalue weighted by atomic mass is 15.2. The van der Waals surface area contributed by atoms with Gasteiger partial charge in [-0.2, -0.15) is 0 Å². The number of rotatable bonds is 10. The van der Waals surface area contributed by atoms with Gasteiger partial charge in [-0.1, -0.05) is 13.8 Å². The van der Waals surface area contributed by atoms with Crippen molar-refractivity contribution in [2.45, 2.75) is 26.7 Å². The highest BCUT2D eigenvalue weighted by Crippen LogP contribution is 2.17. The third-order valence-electron chi connectivity index (χ3n) is 4.43. The second-order valence-corrected chi connectivity index (χ2v) is 6.32. The van der Waals surface area contributed by atoms with Crippen LogP contribution in [0.5, 0.6) is 0 Å². The highest BCUT2D eigenvalue weighted by molar-refractivity contribution is 4.74. The molecule has 1 rings (SSSR count). The molecule has 20 heavy (non-hydrogen) atoms. The monoisotopic (exact) mass is 284 g/mol. The Balaban J connectivity index is 1.99. The first kappa shape index (κ1) is 17.9. The van der Waals surface area contributed by atoms with Crippen LogP contribution in [0.2, 0.25) is 0 Å². The van der Waals surface area contributed by atoms with E-state index in [0.717, 1.165) is 32.1 Å². The topological polar surface area (TPSA) is 21.8 Å². The molecule has 0 saturated carbocycles. The molecule has 0 spiro atoms. The number of likely N-dealkylation sites (tertiary alicyclic amines) is 1. The molecule has 1 N–H and O–H groups in total. The third-order valence-corrected chi connectivity index (χ3v) is 4.43. The van der Waals surface area contributed by atoms with E-state index in [0.29, 0.717) is 0 Å². The fourth-order valence-electron chi connectivity index (χ4n) is 3.05. The zero-order chi connectivity index (χ0) is 14.8. The maximum absolute atomic E-state index is 3.58. The molecule has 0 aromatic carbocycles. The number of hydrogen-bond acceptors (Lipinski definition) is 4. The van der Waals surface area contributed by atoms with Gasteiger partial charge in [0, 0.05) is 32.7 Å². The Kier molecular flexibility index (Phi) is 9.44. The van der Waals surface area contributed by atoms with Gasteiger partial charge in [0.25, 0.3) is 0 Å². The molecule has 1 aliphatic rings. The molecule has 4 nitrogen and oxygen atoms in total. The fraction of sp³-hybridized carbons (Fsp3) is 1.00. The fourth-order valence-corrected chi connectivity index (χ4v) is 3.05. The molecule has 0 atom stereocenters. The van der Waals surface area contributed by atoms with Crippen LogP contribution in [-0.2, 0) is 0 Å². The minimum absolute atomic E-state index is 0.914. The van der Waals surface area contributed by atoms with Crippen LogP contribution >= 0.6 is 0 Å². The van der Waals surface area contributed by atoms with Gasteiger partial charge in [-0.3, -0.25) is 0 Å². The van der Waals surface area contributed by atoms with Gasteiger partial charge < -0.3 is 20.0 Å². The first-order valence-corrected chi connectivity index (χ1v) is 8.45. The summed E-state index contributed by atoms with van der Waals surface area (Å²) in [6, 6.07) is 0. The number of piperidine rings is 1. The van der Waals surface area contributed by atoms with Crippen molar-refractivity contribution < 1.29 is 0 Å². The van der Waals surface area contributed by atoms with Gasteiger partial charge in [0.15, 0.2) is 0 Å². The van der Waals surface area contributed by atoms with Crippen LogP contribution < -0.4 is 5.32 Å². The molecular weight excluding hydrogens is 248 g/mol. The number of likely N-dealkylation sites (N-methyl/N-ethyl adjacent to an activating group) is 1. The van der Waals surface area contributed by atoms with Crippen LogP contribution in [0.4, 0.5) is 0 Å². The van der Waals surface area contributed by atoms with E-state index in [-0.39, 0.29) is 0 Å². The normalized spacial score (nSPS) is 18.3. The minimum atomic E-state index is 0.914. The summed E-state index contributed by atoms with van der Waals surface area (Å²) in [4.78, 5) is 7.42. The maximum Gasteiger partial charge on any atom is 0.0107 e. The number of nitrogens with zero attached hydrogens (tertiary/aromatic N) is 3. The van der Waals surface area contributed by atoms with Gasteiger partial charge in [0.2, 0.25) is 0 Å². The van der Waals surface area contributed by atoms with E-state index in [1.165, 1.54) is 45.6 Å². The quantitative estimate of drug-likeness (QED) is 0.608. The van der Waals surface area contributed by atoms with Crippen molar-refractivity contribution in [3.05, 3.63) is 0 Å². The van der Waals surface area contributed by atoms with Gasteiger partial charge in [-0.15, -0.1) is 0 Å². The Hall–Kier alpha value is -0.160. The summed E-state index contributed by atoms with van der Waals surface area (Å²) in [7, 11) is 4.37. The van der Waals surface area contributed by atoms with Gasteiger partial charge in [-0.05, 0) is 59.0 Å². The molecule has 0 unspecified atom stereocenters. The van der Waals surface area contributed by atoms with Crippen molar-refractivity contribution in [3.8, 4) is 0 Å². The molecule has 1 saturated heterocycles. The van der Waals surface area contributed by atoms with Gasteiger partial charge in [0.05, 0.1) is 0 Å². The SMILES string of the molecule is CCN(CC)CCNCCN1CCC(CN(C)C)CC1. The summed E-state index contributed by atoms with van der Waals surface area (Å²) in [6.45, 7) is 15.3. The summed E-state index contributed by atoms with van der Waals surface area (Å²) < 4.78 is 0. The Bertz CT molecular complexity index is 221. The summed E-state index contributed by atoms with van der Waals surface area (Å²) in [5, 5.41) is 3.58. The molecule has 0 aliphatic carbocycles. The van der Waals surface area contributed by atoms with Crippen LogP contribution in [0.1, 0.15) is 26.7 Å². The second-order valence-electron chi connectivity index (χ2n) is 6.32. The molecular formula is C16H36N4. The summed E-state index contributed by atoms with van der Waals surface area (Å²) >= 11 is 0.